The van der Waals surface area contributed by atoms with Crippen LogP contribution in [0.15, 0.2) is 12.4 Å². The zero-order valence-corrected chi connectivity index (χ0v) is 10.9. The Morgan fingerprint density at radius 1 is 1.61 bits per heavy atom. The Morgan fingerprint density at radius 2 is 2.50 bits per heavy atom. The van der Waals surface area contributed by atoms with Crippen molar-refractivity contribution in [3.63, 3.8) is 0 Å². The Balaban J connectivity index is 1.97. The number of ether oxygens (including phenoxy) is 1. The fraction of sp³-hybridized carbons (Fsp3) is 0.692. The minimum absolute atomic E-state index is 0.0443. The number of rotatable bonds is 4. The van der Waals surface area contributed by atoms with Crippen LogP contribution < -0.4 is 0 Å². The zero-order valence-electron chi connectivity index (χ0n) is 10.9. The molecule has 0 aromatic carbocycles. The molecule has 1 aromatic heterocycles. The first kappa shape index (κ1) is 12.9. The summed E-state index contributed by atoms with van der Waals surface area (Å²) in [5.41, 5.74) is 0. The molecular formula is C13H21N3O2. The summed E-state index contributed by atoms with van der Waals surface area (Å²) in [6.07, 6.45) is 8.40. The monoisotopic (exact) mass is 251 g/mol. The van der Waals surface area contributed by atoms with E-state index in [9.17, 15) is 4.79 Å². The molecule has 1 aliphatic rings. The highest BCUT2D eigenvalue weighted by atomic mass is 16.6. The smallest absolute Gasteiger partial charge is 0.410 e. The predicted octanol–water partition coefficient (Wildman–Crippen LogP) is 2.87. The Kier molecular flexibility index (Phi) is 4.61. The van der Waals surface area contributed by atoms with Crippen LogP contribution in [0, 0.1) is 0 Å². The molecule has 1 amide bonds. The summed E-state index contributed by atoms with van der Waals surface area (Å²) in [4.78, 5) is 21.2. The molecule has 1 N–H and O–H groups in total. The molecule has 2 rings (SSSR count). The number of aromatic nitrogens is 2. The second-order valence-electron chi connectivity index (χ2n) is 4.65. The van der Waals surface area contributed by atoms with Crippen molar-refractivity contribution < 1.29 is 9.53 Å². The Morgan fingerprint density at radius 3 is 3.22 bits per heavy atom. The van der Waals surface area contributed by atoms with E-state index in [-0.39, 0.29) is 12.1 Å². The highest BCUT2D eigenvalue weighted by Gasteiger charge is 2.30. The van der Waals surface area contributed by atoms with Crippen molar-refractivity contribution in [2.24, 2.45) is 0 Å². The maximum absolute atomic E-state index is 12.0. The fourth-order valence-electron chi connectivity index (χ4n) is 2.28. The van der Waals surface area contributed by atoms with Crippen LogP contribution >= 0.6 is 0 Å². The average molecular weight is 251 g/mol. The number of hydrogen-bond acceptors (Lipinski definition) is 3. The summed E-state index contributed by atoms with van der Waals surface area (Å²) in [5.74, 6) is 0.863. The number of carbonyl (C=O) groups excluding carboxylic acids is 1. The van der Waals surface area contributed by atoms with Crippen LogP contribution in [0.2, 0.25) is 0 Å². The standard InChI is InChI=1S/C13H21N3O2/c1-2-3-10-18-13(17)16-9-5-4-6-11(16)12-14-7-8-15-12/h7-8,11H,2-6,9-10H2,1H3,(H,14,15). The van der Waals surface area contributed by atoms with E-state index in [0.29, 0.717) is 6.61 Å². The van der Waals surface area contributed by atoms with Crippen molar-refractivity contribution in [1.82, 2.24) is 14.9 Å². The largest absolute Gasteiger partial charge is 0.449 e. The van der Waals surface area contributed by atoms with Gasteiger partial charge in [-0.25, -0.2) is 9.78 Å². The van der Waals surface area contributed by atoms with Gasteiger partial charge in [0, 0.05) is 18.9 Å². The maximum Gasteiger partial charge on any atom is 0.410 e. The van der Waals surface area contributed by atoms with E-state index < -0.39 is 0 Å². The number of likely N-dealkylation sites (tertiary alicyclic amines) is 1. The van der Waals surface area contributed by atoms with Gasteiger partial charge in [0.2, 0.25) is 0 Å². The SMILES string of the molecule is CCCCOC(=O)N1CCCCC1c1ncc[nH]1. The van der Waals surface area contributed by atoms with Gasteiger partial charge in [0.1, 0.15) is 5.82 Å². The van der Waals surface area contributed by atoms with Crippen molar-refractivity contribution >= 4 is 6.09 Å². The Bertz CT molecular complexity index is 364. The molecular weight excluding hydrogens is 230 g/mol. The molecule has 1 unspecified atom stereocenters. The van der Waals surface area contributed by atoms with Crippen LogP contribution in [0.4, 0.5) is 4.79 Å². The molecule has 1 aromatic rings. The fourth-order valence-corrected chi connectivity index (χ4v) is 2.28. The summed E-state index contributed by atoms with van der Waals surface area (Å²) in [7, 11) is 0. The number of unbranched alkanes of at least 4 members (excludes halogenated alkanes) is 1. The van der Waals surface area contributed by atoms with Crippen molar-refractivity contribution in [3.05, 3.63) is 18.2 Å². The Labute approximate surface area is 108 Å². The van der Waals surface area contributed by atoms with Gasteiger partial charge in [0.05, 0.1) is 12.6 Å². The summed E-state index contributed by atoms with van der Waals surface area (Å²) in [5, 5.41) is 0. The molecule has 0 aliphatic carbocycles. The minimum atomic E-state index is -0.204. The van der Waals surface area contributed by atoms with Crippen LogP contribution in [0.1, 0.15) is 50.9 Å². The molecule has 1 aliphatic heterocycles. The van der Waals surface area contributed by atoms with Gasteiger partial charge in [-0.15, -0.1) is 0 Å². The van der Waals surface area contributed by atoms with Crippen molar-refractivity contribution in [1.29, 1.82) is 0 Å². The predicted molar refractivity (Wildman–Crippen MR) is 68.1 cm³/mol. The number of aromatic amines is 1. The number of amides is 1. The minimum Gasteiger partial charge on any atom is -0.449 e. The summed E-state index contributed by atoms with van der Waals surface area (Å²) in [6, 6.07) is 0.0443. The van der Waals surface area contributed by atoms with Gasteiger partial charge in [0.15, 0.2) is 0 Å². The van der Waals surface area contributed by atoms with Gasteiger partial charge in [-0.05, 0) is 25.7 Å². The van der Waals surface area contributed by atoms with E-state index in [2.05, 4.69) is 16.9 Å². The van der Waals surface area contributed by atoms with Crippen molar-refractivity contribution in [3.8, 4) is 0 Å². The number of nitrogens with one attached hydrogen (secondary N) is 1. The van der Waals surface area contributed by atoms with E-state index in [1.54, 1.807) is 17.3 Å². The molecule has 1 saturated heterocycles. The normalized spacial score (nSPS) is 19.8. The van der Waals surface area contributed by atoms with Crippen LogP contribution in [-0.2, 0) is 4.74 Å². The van der Waals surface area contributed by atoms with Gasteiger partial charge < -0.3 is 9.72 Å². The quantitative estimate of drug-likeness (QED) is 0.837. The van der Waals surface area contributed by atoms with Gasteiger partial charge in [-0.2, -0.15) is 0 Å². The van der Waals surface area contributed by atoms with Crippen LogP contribution in [0.3, 0.4) is 0 Å². The van der Waals surface area contributed by atoms with E-state index in [1.165, 1.54) is 0 Å². The molecule has 1 fully saturated rings. The molecule has 100 valence electrons. The zero-order chi connectivity index (χ0) is 12.8. The third-order valence-corrected chi connectivity index (χ3v) is 3.30. The van der Waals surface area contributed by atoms with Gasteiger partial charge in [-0.1, -0.05) is 13.3 Å². The lowest BCUT2D eigenvalue weighted by Gasteiger charge is -2.33. The topological polar surface area (TPSA) is 58.2 Å². The first-order valence-corrected chi connectivity index (χ1v) is 6.75. The van der Waals surface area contributed by atoms with Crippen LogP contribution in [0.5, 0.6) is 0 Å². The van der Waals surface area contributed by atoms with E-state index in [4.69, 9.17) is 4.74 Å². The highest BCUT2D eigenvalue weighted by Crippen LogP contribution is 2.29. The van der Waals surface area contributed by atoms with Crippen LogP contribution in [-0.4, -0.2) is 34.1 Å². The first-order chi connectivity index (χ1) is 8.83. The molecule has 0 radical (unpaired) electrons. The van der Waals surface area contributed by atoms with E-state index in [0.717, 1.165) is 44.5 Å². The summed E-state index contributed by atoms with van der Waals surface area (Å²) < 4.78 is 5.30. The first-order valence-electron chi connectivity index (χ1n) is 6.75. The second kappa shape index (κ2) is 6.42. The number of carbonyl (C=O) groups is 1. The molecule has 5 heteroatoms. The Hall–Kier alpha value is -1.52. The second-order valence-corrected chi connectivity index (χ2v) is 4.65. The summed E-state index contributed by atoms with van der Waals surface area (Å²) >= 11 is 0. The van der Waals surface area contributed by atoms with Gasteiger partial charge in [0.25, 0.3) is 0 Å². The number of imidazole rings is 1. The molecule has 18 heavy (non-hydrogen) atoms. The molecule has 0 spiro atoms. The summed E-state index contributed by atoms with van der Waals surface area (Å²) in [6.45, 7) is 3.35. The van der Waals surface area contributed by atoms with Crippen LogP contribution in [0.25, 0.3) is 0 Å². The van der Waals surface area contributed by atoms with Gasteiger partial charge in [-0.3, -0.25) is 4.90 Å². The van der Waals surface area contributed by atoms with E-state index in [1.807, 2.05) is 0 Å². The number of H-pyrrole nitrogens is 1. The number of hydrogen-bond donors (Lipinski definition) is 1. The molecule has 1 atom stereocenters. The van der Waals surface area contributed by atoms with Gasteiger partial charge >= 0.3 is 6.09 Å². The van der Waals surface area contributed by atoms with E-state index >= 15 is 0 Å². The molecule has 0 bridgehead atoms. The third-order valence-electron chi connectivity index (χ3n) is 3.30. The lowest BCUT2D eigenvalue weighted by atomic mass is 10.0. The lowest BCUT2D eigenvalue weighted by molar-refractivity contribution is 0.0701. The number of piperidine rings is 1. The molecule has 2 heterocycles. The highest BCUT2D eigenvalue weighted by molar-refractivity contribution is 5.68. The lowest BCUT2D eigenvalue weighted by Crippen LogP contribution is -2.39. The maximum atomic E-state index is 12.0. The number of nitrogens with zero attached hydrogens (tertiary/aromatic N) is 2. The van der Waals surface area contributed by atoms with Crippen molar-refractivity contribution in [2.45, 2.75) is 45.1 Å². The van der Waals surface area contributed by atoms with Crippen molar-refractivity contribution in [2.75, 3.05) is 13.2 Å². The third kappa shape index (κ3) is 3.03. The molecule has 5 nitrogen and oxygen atoms in total. The molecule has 0 saturated carbocycles. The average Bonchev–Trinajstić information content (AvgIpc) is 2.93.